The fraction of sp³-hybridized carbons (Fsp3) is 0.375. The van der Waals surface area contributed by atoms with Crippen molar-refractivity contribution in [2.45, 2.75) is 19.4 Å². The van der Waals surface area contributed by atoms with Crippen LogP contribution in [0.25, 0.3) is 11.3 Å². The van der Waals surface area contributed by atoms with E-state index in [0.29, 0.717) is 31.5 Å². The Morgan fingerprint density at radius 2 is 2.05 bits per heavy atom. The Morgan fingerprint density at radius 1 is 1.27 bits per heavy atom. The van der Waals surface area contributed by atoms with E-state index in [1.165, 1.54) is 0 Å². The van der Waals surface area contributed by atoms with Crippen molar-refractivity contribution in [2.24, 2.45) is 7.05 Å². The molecule has 0 amide bonds. The lowest BCUT2D eigenvalue weighted by Gasteiger charge is -2.27. The van der Waals surface area contributed by atoms with E-state index in [4.69, 9.17) is 0 Å². The van der Waals surface area contributed by atoms with Crippen LogP contribution < -0.4 is 0 Å². The highest BCUT2D eigenvalue weighted by Crippen LogP contribution is 2.26. The van der Waals surface area contributed by atoms with Gasteiger partial charge in [0.15, 0.2) is 0 Å². The van der Waals surface area contributed by atoms with Crippen LogP contribution in [0, 0.1) is 0 Å². The highest BCUT2D eigenvalue weighted by atomic mass is 19.3. The third kappa shape index (κ3) is 3.22. The molecule has 1 saturated heterocycles. The summed E-state index contributed by atoms with van der Waals surface area (Å²) >= 11 is 0. The van der Waals surface area contributed by atoms with Crippen molar-refractivity contribution in [2.75, 3.05) is 13.1 Å². The molecule has 2 aromatic heterocycles. The lowest BCUT2D eigenvalue weighted by molar-refractivity contribution is 0.240. The first kappa shape index (κ1) is 14.8. The number of halogens is 2. The van der Waals surface area contributed by atoms with Crippen molar-refractivity contribution in [3.05, 3.63) is 47.9 Å². The number of aromatic nitrogens is 3. The Kier molecular flexibility index (Phi) is 4.29. The van der Waals surface area contributed by atoms with E-state index in [-0.39, 0.29) is 0 Å². The molecular weight excluding hydrogens is 286 g/mol. The Hall–Kier alpha value is -2.08. The summed E-state index contributed by atoms with van der Waals surface area (Å²) in [6.45, 7) is 2.04. The van der Waals surface area contributed by atoms with Crippen molar-refractivity contribution in [1.29, 1.82) is 0 Å². The van der Waals surface area contributed by atoms with E-state index in [1.807, 2.05) is 25.4 Å². The van der Waals surface area contributed by atoms with Gasteiger partial charge in [-0.3, -0.25) is 14.6 Å². The summed E-state index contributed by atoms with van der Waals surface area (Å²) in [5, 5.41) is 4.51. The minimum Gasteiger partial charge on any atom is -0.298 e. The number of rotatable bonds is 3. The van der Waals surface area contributed by atoms with E-state index in [1.54, 1.807) is 17.1 Å². The summed E-state index contributed by atoms with van der Waals surface area (Å²) in [6, 6.07) is 3.87. The van der Waals surface area contributed by atoms with Gasteiger partial charge in [0.1, 0.15) is 0 Å². The van der Waals surface area contributed by atoms with Gasteiger partial charge in [0.25, 0.3) is 6.08 Å². The second-order valence-corrected chi connectivity index (χ2v) is 5.56. The van der Waals surface area contributed by atoms with Crippen LogP contribution in [0.3, 0.4) is 0 Å². The third-order valence-electron chi connectivity index (χ3n) is 3.96. The van der Waals surface area contributed by atoms with Gasteiger partial charge in [-0.1, -0.05) is 0 Å². The molecule has 3 rings (SSSR count). The second kappa shape index (κ2) is 6.36. The predicted molar refractivity (Wildman–Crippen MR) is 80.2 cm³/mol. The second-order valence-electron chi connectivity index (χ2n) is 5.56. The molecule has 0 radical (unpaired) electrons. The molecule has 1 fully saturated rings. The largest absolute Gasteiger partial charge is 0.298 e. The molecule has 0 aromatic carbocycles. The molecular formula is C16H18F2N4. The summed E-state index contributed by atoms with van der Waals surface area (Å²) in [5.41, 5.74) is 3.29. The smallest absolute Gasteiger partial charge is 0.269 e. The molecule has 0 bridgehead atoms. The van der Waals surface area contributed by atoms with Gasteiger partial charge in [0.2, 0.25) is 0 Å². The number of pyridine rings is 1. The zero-order valence-electron chi connectivity index (χ0n) is 12.5. The summed E-state index contributed by atoms with van der Waals surface area (Å²) in [6.07, 6.45) is 4.91. The van der Waals surface area contributed by atoms with Crippen LogP contribution in [-0.2, 0) is 13.6 Å². The standard InChI is InChI=1S/C16H18F2N4/c1-21-10-14(15(20-21)13-3-2-6-19-9-13)11-22-7-4-12(5-8-22)16(17)18/h2-3,6,9-10H,4-5,7-8,11H2,1H3. The molecule has 0 N–H and O–H groups in total. The number of nitrogens with zero attached hydrogens (tertiary/aromatic N) is 4. The van der Waals surface area contributed by atoms with E-state index in [9.17, 15) is 8.78 Å². The van der Waals surface area contributed by atoms with Crippen molar-refractivity contribution in [1.82, 2.24) is 19.7 Å². The maximum Gasteiger partial charge on any atom is 0.269 e. The molecule has 1 aliphatic heterocycles. The maximum atomic E-state index is 12.6. The van der Waals surface area contributed by atoms with Gasteiger partial charge >= 0.3 is 0 Å². The average Bonchev–Trinajstić information content (AvgIpc) is 2.89. The molecule has 4 nitrogen and oxygen atoms in total. The van der Waals surface area contributed by atoms with Crippen LogP contribution in [0.2, 0.25) is 0 Å². The Bertz CT molecular complexity index is 665. The zero-order chi connectivity index (χ0) is 15.5. The van der Waals surface area contributed by atoms with E-state index in [0.717, 1.165) is 23.4 Å². The lowest BCUT2D eigenvalue weighted by atomic mass is 10.0. The lowest BCUT2D eigenvalue weighted by Crippen LogP contribution is -2.30. The molecule has 0 spiro atoms. The fourth-order valence-electron chi connectivity index (χ4n) is 2.81. The SMILES string of the molecule is Cn1cc(CN2CCC(=C(F)F)CC2)c(-c2cccnc2)n1. The number of hydrogen-bond donors (Lipinski definition) is 0. The van der Waals surface area contributed by atoms with E-state index < -0.39 is 6.08 Å². The maximum absolute atomic E-state index is 12.6. The van der Waals surface area contributed by atoms with Gasteiger partial charge < -0.3 is 0 Å². The van der Waals surface area contributed by atoms with Crippen LogP contribution in [0.15, 0.2) is 42.4 Å². The van der Waals surface area contributed by atoms with Crippen molar-refractivity contribution in [3.8, 4) is 11.3 Å². The minimum absolute atomic E-state index is 0.301. The topological polar surface area (TPSA) is 34.0 Å². The third-order valence-corrected chi connectivity index (χ3v) is 3.96. The van der Waals surface area contributed by atoms with E-state index >= 15 is 0 Å². The summed E-state index contributed by atoms with van der Waals surface area (Å²) in [5.74, 6) is 0. The minimum atomic E-state index is -1.50. The van der Waals surface area contributed by atoms with Gasteiger partial charge in [-0.15, -0.1) is 0 Å². The number of hydrogen-bond acceptors (Lipinski definition) is 3. The highest BCUT2D eigenvalue weighted by Gasteiger charge is 2.20. The van der Waals surface area contributed by atoms with Crippen LogP contribution >= 0.6 is 0 Å². The Balaban J connectivity index is 1.76. The van der Waals surface area contributed by atoms with Gasteiger partial charge in [0.05, 0.1) is 5.69 Å². The van der Waals surface area contributed by atoms with Gasteiger partial charge in [-0.25, -0.2) is 0 Å². The molecule has 116 valence electrons. The Morgan fingerprint density at radius 3 is 2.68 bits per heavy atom. The van der Waals surface area contributed by atoms with Crippen LogP contribution in [-0.4, -0.2) is 32.8 Å². The number of piperidine rings is 1. The van der Waals surface area contributed by atoms with E-state index in [2.05, 4.69) is 15.0 Å². The first-order chi connectivity index (χ1) is 10.6. The molecule has 0 saturated carbocycles. The molecule has 22 heavy (non-hydrogen) atoms. The predicted octanol–water partition coefficient (Wildman–Crippen LogP) is 3.23. The van der Waals surface area contributed by atoms with Crippen LogP contribution in [0.1, 0.15) is 18.4 Å². The number of likely N-dealkylation sites (tertiary alicyclic amines) is 1. The molecule has 0 atom stereocenters. The van der Waals surface area contributed by atoms with Gasteiger partial charge in [-0.05, 0) is 30.5 Å². The molecule has 0 aliphatic carbocycles. The van der Waals surface area contributed by atoms with Crippen molar-refractivity contribution < 1.29 is 8.78 Å². The summed E-state index contributed by atoms with van der Waals surface area (Å²) in [4.78, 5) is 6.33. The quantitative estimate of drug-likeness (QED) is 0.873. The van der Waals surface area contributed by atoms with Gasteiger partial charge in [-0.2, -0.15) is 13.9 Å². The molecule has 0 unspecified atom stereocenters. The fourth-order valence-corrected chi connectivity index (χ4v) is 2.81. The molecule has 1 aliphatic rings. The van der Waals surface area contributed by atoms with Crippen LogP contribution in [0.4, 0.5) is 8.78 Å². The first-order valence-electron chi connectivity index (χ1n) is 7.32. The first-order valence-corrected chi connectivity index (χ1v) is 7.32. The van der Waals surface area contributed by atoms with Gasteiger partial charge in [0, 0.05) is 56.4 Å². The summed E-state index contributed by atoms with van der Waals surface area (Å²) < 4.78 is 27.0. The van der Waals surface area contributed by atoms with Crippen molar-refractivity contribution in [3.63, 3.8) is 0 Å². The molecule has 6 heteroatoms. The molecule has 3 heterocycles. The normalized spacial score (nSPS) is 16.0. The van der Waals surface area contributed by atoms with Crippen LogP contribution in [0.5, 0.6) is 0 Å². The average molecular weight is 304 g/mol. The molecule has 2 aromatic rings. The highest BCUT2D eigenvalue weighted by molar-refractivity contribution is 5.61. The Labute approximate surface area is 128 Å². The van der Waals surface area contributed by atoms with Crippen molar-refractivity contribution >= 4 is 0 Å². The summed E-state index contributed by atoms with van der Waals surface area (Å²) in [7, 11) is 1.89. The number of aryl methyl sites for hydroxylation is 1. The monoisotopic (exact) mass is 304 g/mol. The zero-order valence-corrected chi connectivity index (χ0v) is 12.5.